The number of hydrogen-bond donors (Lipinski definition) is 1. The summed E-state index contributed by atoms with van der Waals surface area (Å²) in [7, 11) is 3.08. The van der Waals surface area contributed by atoms with Crippen LogP contribution in [0.5, 0.6) is 11.5 Å². The summed E-state index contributed by atoms with van der Waals surface area (Å²) in [5, 5.41) is 3.23. The van der Waals surface area contributed by atoms with Gasteiger partial charge in [-0.2, -0.15) is 0 Å². The van der Waals surface area contributed by atoms with Crippen molar-refractivity contribution in [2.24, 2.45) is 0 Å². The summed E-state index contributed by atoms with van der Waals surface area (Å²) >= 11 is 7.64. The number of amides is 1. The van der Waals surface area contributed by atoms with Gasteiger partial charge in [0.05, 0.1) is 24.8 Å². The van der Waals surface area contributed by atoms with E-state index in [0.717, 1.165) is 4.90 Å². The maximum Gasteiger partial charge on any atom is 0.259 e. The lowest BCUT2D eigenvalue weighted by molar-refractivity contribution is 0.102. The minimum absolute atomic E-state index is 0.259. The van der Waals surface area contributed by atoms with E-state index in [9.17, 15) is 4.79 Å². The van der Waals surface area contributed by atoms with Crippen molar-refractivity contribution >= 4 is 35.0 Å². The highest BCUT2D eigenvalue weighted by Gasteiger charge is 2.14. The molecule has 0 spiro atoms. The Morgan fingerprint density at radius 2 is 1.82 bits per heavy atom. The first kappa shape index (κ1) is 16.5. The fourth-order valence-electron chi connectivity index (χ4n) is 1.93. The van der Waals surface area contributed by atoms with Crippen molar-refractivity contribution in [1.82, 2.24) is 0 Å². The van der Waals surface area contributed by atoms with E-state index in [4.69, 9.17) is 21.1 Å². The standard InChI is InChI=1S/C16H16ClNO3S/c1-20-14-7-4-10(8-13(14)17)18-16(19)12-6-5-11(22-3)9-15(12)21-2/h4-9H,1-3H3,(H,18,19). The van der Waals surface area contributed by atoms with Crippen molar-refractivity contribution in [3.8, 4) is 11.5 Å². The third kappa shape index (κ3) is 3.67. The molecule has 0 saturated heterocycles. The van der Waals surface area contributed by atoms with Crippen LogP contribution in [0.2, 0.25) is 5.02 Å². The van der Waals surface area contributed by atoms with Gasteiger partial charge in [-0.15, -0.1) is 11.8 Å². The third-order valence-corrected chi connectivity index (χ3v) is 4.08. The summed E-state index contributed by atoms with van der Waals surface area (Å²) in [5.41, 5.74) is 1.05. The fraction of sp³-hybridized carbons (Fsp3) is 0.188. The lowest BCUT2D eigenvalue weighted by atomic mass is 10.2. The molecule has 2 aromatic rings. The monoisotopic (exact) mass is 337 g/mol. The zero-order valence-corrected chi connectivity index (χ0v) is 14.0. The second kappa shape index (κ2) is 7.42. The molecule has 0 atom stereocenters. The molecular weight excluding hydrogens is 322 g/mol. The minimum Gasteiger partial charge on any atom is -0.496 e. The molecule has 0 heterocycles. The second-order valence-electron chi connectivity index (χ2n) is 4.37. The predicted molar refractivity (Wildman–Crippen MR) is 90.7 cm³/mol. The second-order valence-corrected chi connectivity index (χ2v) is 5.66. The molecule has 22 heavy (non-hydrogen) atoms. The SMILES string of the molecule is COc1ccc(NC(=O)c2ccc(SC)cc2OC)cc1Cl. The lowest BCUT2D eigenvalue weighted by Crippen LogP contribution is -2.13. The largest absolute Gasteiger partial charge is 0.496 e. The normalized spacial score (nSPS) is 10.2. The fourth-order valence-corrected chi connectivity index (χ4v) is 2.62. The third-order valence-electron chi connectivity index (χ3n) is 3.06. The Labute approximate surface area is 138 Å². The molecule has 2 aromatic carbocycles. The number of carbonyl (C=O) groups is 1. The van der Waals surface area contributed by atoms with Crippen molar-refractivity contribution in [3.63, 3.8) is 0 Å². The number of halogens is 1. The van der Waals surface area contributed by atoms with E-state index >= 15 is 0 Å². The van der Waals surface area contributed by atoms with E-state index in [-0.39, 0.29) is 5.91 Å². The average molecular weight is 338 g/mol. The van der Waals surface area contributed by atoms with Crippen molar-refractivity contribution in [1.29, 1.82) is 0 Å². The molecule has 0 radical (unpaired) electrons. The first-order valence-electron chi connectivity index (χ1n) is 6.46. The van der Waals surface area contributed by atoms with Crippen molar-refractivity contribution in [2.45, 2.75) is 4.90 Å². The molecule has 0 fully saturated rings. The molecule has 4 nitrogen and oxygen atoms in total. The van der Waals surface area contributed by atoms with Crippen molar-refractivity contribution < 1.29 is 14.3 Å². The Morgan fingerprint density at radius 3 is 2.41 bits per heavy atom. The Bertz CT molecular complexity index is 691. The smallest absolute Gasteiger partial charge is 0.259 e. The number of anilines is 1. The molecule has 0 bridgehead atoms. The summed E-state index contributed by atoms with van der Waals surface area (Å²) in [6, 6.07) is 10.5. The van der Waals surface area contributed by atoms with Gasteiger partial charge in [0.15, 0.2) is 0 Å². The highest BCUT2D eigenvalue weighted by atomic mass is 35.5. The van der Waals surface area contributed by atoms with Gasteiger partial charge in [-0.05, 0) is 42.7 Å². The Hall–Kier alpha value is -1.85. The van der Waals surface area contributed by atoms with Gasteiger partial charge >= 0.3 is 0 Å². The van der Waals surface area contributed by atoms with Gasteiger partial charge in [0.2, 0.25) is 0 Å². The van der Waals surface area contributed by atoms with Crippen LogP contribution in [0.3, 0.4) is 0 Å². The van der Waals surface area contributed by atoms with E-state index in [1.807, 2.05) is 18.4 Å². The zero-order valence-electron chi connectivity index (χ0n) is 12.5. The lowest BCUT2D eigenvalue weighted by Gasteiger charge is -2.11. The number of methoxy groups -OCH3 is 2. The number of thioether (sulfide) groups is 1. The molecule has 0 unspecified atom stereocenters. The quantitative estimate of drug-likeness (QED) is 0.825. The molecule has 116 valence electrons. The Balaban J connectivity index is 2.23. The van der Waals surface area contributed by atoms with Crippen molar-refractivity contribution in [3.05, 3.63) is 47.0 Å². The summed E-state index contributed by atoms with van der Waals surface area (Å²) in [4.78, 5) is 13.4. The van der Waals surface area contributed by atoms with Crippen LogP contribution in [-0.2, 0) is 0 Å². The highest BCUT2D eigenvalue weighted by Crippen LogP contribution is 2.29. The molecule has 0 aromatic heterocycles. The van der Waals surface area contributed by atoms with E-state index < -0.39 is 0 Å². The molecule has 1 amide bonds. The number of nitrogens with one attached hydrogen (secondary N) is 1. The first-order valence-corrected chi connectivity index (χ1v) is 8.06. The van der Waals surface area contributed by atoms with Gasteiger partial charge in [0, 0.05) is 10.6 Å². The molecule has 1 N–H and O–H groups in total. The highest BCUT2D eigenvalue weighted by molar-refractivity contribution is 7.98. The summed E-state index contributed by atoms with van der Waals surface area (Å²) in [6.07, 6.45) is 1.97. The van der Waals surface area contributed by atoms with Crippen LogP contribution in [-0.4, -0.2) is 26.4 Å². The molecule has 0 aliphatic heterocycles. The molecule has 0 aliphatic carbocycles. The number of rotatable bonds is 5. The summed E-state index contributed by atoms with van der Waals surface area (Å²) in [5.74, 6) is 0.830. The molecule has 0 saturated carbocycles. The van der Waals surface area contributed by atoms with Gasteiger partial charge in [0.25, 0.3) is 5.91 Å². The topological polar surface area (TPSA) is 47.6 Å². The van der Waals surface area contributed by atoms with Gasteiger partial charge < -0.3 is 14.8 Å². The Morgan fingerprint density at radius 1 is 1.09 bits per heavy atom. The molecule has 6 heteroatoms. The van der Waals surface area contributed by atoms with Crippen LogP contribution >= 0.6 is 23.4 Å². The number of benzene rings is 2. The van der Waals surface area contributed by atoms with Gasteiger partial charge in [-0.25, -0.2) is 0 Å². The molecule has 0 aliphatic rings. The number of ether oxygens (including phenoxy) is 2. The summed E-state index contributed by atoms with van der Waals surface area (Å²) in [6.45, 7) is 0. The van der Waals surface area contributed by atoms with Crippen LogP contribution in [0.4, 0.5) is 5.69 Å². The van der Waals surface area contributed by atoms with Crippen LogP contribution in [0.25, 0.3) is 0 Å². The van der Waals surface area contributed by atoms with E-state index in [1.54, 1.807) is 43.1 Å². The predicted octanol–water partition coefficient (Wildman–Crippen LogP) is 4.33. The van der Waals surface area contributed by atoms with Crippen LogP contribution in [0, 0.1) is 0 Å². The van der Waals surface area contributed by atoms with Crippen LogP contribution in [0.1, 0.15) is 10.4 Å². The minimum atomic E-state index is -0.259. The van der Waals surface area contributed by atoms with Crippen LogP contribution < -0.4 is 14.8 Å². The summed E-state index contributed by atoms with van der Waals surface area (Å²) < 4.78 is 10.4. The molecular formula is C16H16ClNO3S. The number of hydrogen-bond acceptors (Lipinski definition) is 4. The van der Waals surface area contributed by atoms with E-state index in [0.29, 0.717) is 27.8 Å². The maximum absolute atomic E-state index is 12.4. The van der Waals surface area contributed by atoms with Gasteiger partial charge in [-0.1, -0.05) is 11.6 Å². The molecule has 2 rings (SSSR count). The van der Waals surface area contributed by atoms with Gasteiger partial charge in [0.1, 0.15) is 11.5 Å². The zero-order chi connectivity index (χ0) is 16.1. The van der Waals surface area contributed by atoms with Crippen LogP contribution in [0.15, 0.2) is 41.3 Å². The van der Waals surface area contributed by atoms with Crippen molar-refractivity contribution in [2.75, 3.05) is 25.8 Å². The Kier molecular flexibility index (Phi) is 5.57. The van der Waals surface area contributed by atoms with E-state index in [2.05, 4.69) is 5.32 Å². The van der Waals surface area contributed by atoms with E-state index in [1.165, 1.54) is 7.11 Å². The number of carbonyl (C=O) groups excluding carboxylic acids is 1. The van der Waals surface area contributed by atoms with Gasteiger partial charge in [-0.3, -0.25) is 4.79 Å². The average Bonchev–Trinajstić information content (AvgIpc) is 2.54. The maximum atomic E-state index is 12.4. The first-order chi connectivity index (χ1) is 10.6.